The second-order valence-electron chi connectivity index (χ2n) is 3.53. The van der Waals surface area contributed by atoms with Crippen LogP contribution in [0.4, 0.5) is 0 Å². The van der Waals surface area contributed by atoms with Crippen molar-refractivity contribution in [3.05, 3.63) is 41.0 Å². The van der Waals surface area contributed by atoms with Gasteiger partial charge in [-0.05, 0) is 36.4 Å². The molecular formula is C10H9ClIN3OS. The Morgan fingerprint density at radius 1 is 1.53 bits per heavy atom. The van der Waals surface area contributed by atoms with Gasteiger partial charge in [0.15, 0.2) is 0 Å². The van der Waals surface area contributed by atoms with Crippen LogP contribution in [0.1, 0.15) is 15.6 Å². The minimum Gasteiger partial charge on any atom is -0.291 e. The summed E-state index contributed by atoms with van der Waals surface area (Å²) in [5.74, 6) is 0. The van der Waals surface area contributed by atoms with Crippen molar-refractivity contribution >= 4 is 45.5 Å². The molecule has 2 aromatic rings. The van der Waals surface area contributed by atoms with Crippen molar-refractivity contribution in [3.8, 4) is 0 Å². The van der Waals surface area contributed by atoms with E-state index in [1.807, 2.05) is 36.4 Å². The zero-order chi connectivity index (χ0) is 12.6. The molecule has 0 aliphatic rings. The number of thiazole rings is 1. The monoisotopic (exact) mass is 381 g/mol. The molecule has 4 nitrogen and oxygen atoms in total. The topological polar surface area (TPSA) is 47.8 Å². The molecule has 0 saturated carbocycles. The van der Waals surface area contributed by atoms with Crippen LogP contribution in [0.5, 0.6) is 0 Å². The zero-order valence-corrected chi connectivity index (χ0v) is 12.9. The molecule has 2 rings (SSSR count). The summed E-state index contributed by atoms with van der Waals surface area (Å²) in [5, 5.41) is 1.15. The van der Waals surface area contributed by atoms with Gasteiger partial charge in [-0.15, -0.1) is 11.3 Å². The van der Waals surface area contributed by atoms with Gasteiger partial charge in [-0.2, -0.15) is 0 Å². The first kappa shape index (κ1) is 13.0. The van der Waals surface area contributed by atoms with E-state index in [1.54, 1.807) is 11.3 Å². The predicted octanol–water partition coefficient (Wildman–Crippen LogP) is 2.62. The Hall–Kier alpha value is -0.470. The van der Waals surface area contributed by atoms with Crippen LogP contribution < -0.4 is 5.56 Å². The van der Waals surface area contributed by atoms with E-state index in [0.717, 1.165) is 10.7 Å². The van der Waals surface area contributed by atoms with Crippen LogP contribution in [0.2, 0.25) is 5.15 Å². The van der Waals surface area contributed by atoms with Crippen LogP contribution in [-0.4, -0.2) is 14.5 Å². The fraction of sp³-hybridized carbons (Fsp3) is 0.300. The minimum absolute atomic E-state index is 0.129. The smallest absolute Gasteiger partial charge is 0.268 e. The Bertz CT molecular complexity index is 603. The van der Waals surface area contributed by atoms with Crippen molar-refractivity contribution in [1.29, 1.82) is 0 Å². The van der Waals surface area contributed by atoms with Gasteiger partial charge in [0.25, 0.3) is 5.56 Å². The molecule has 7 heteroatoms. The third kappa shape index (κ3) is 2.69. The first-order chi connectivity index (χ1) is 7.99. The highest BCUT2D eigenvalue weighted by molar-refractivity contribution is 14.1. The lowest BCUT2D eigenvalue weighted by Crippen LogP contribution is -2.23. The second kappa shape index (κ2) is 5.03. The van der Waals surface area contributed by atoms with Crippen LogP contribution in [0, 0.1) is 17.4 Å². The lowest BCUT2D eigenvalue weighted by atomic mass is 10.4. The van der Waals surface area contributed by atoms with E-state index in [-0.39, 0.29) is 10.7 Å². The average molecular weight is 382 g/mol. The lowest BCUT2D eigenvalue weighted by Gasteiger charge is -2.03. The number of hydrogen-bond donors (Lipinski definition) is 0. The molecule has 0 bridgehead atoms. The summed E-state index contributed by atoms with van der Waals surface area (Å²) in [7, 11) is 0. The molecule has 0 atom stereocenters. The van der Waals surface area contributed by atoms with Gasteiger partial charge in [0.05, 0.1) is 18.6 Å². The van der Waals surface area contributed by atoms with Gasteiger partial charge in [-0.1, -0.05) is 11.6 Å². The Morgan fingerprint density at radius 3 is 2.82 bits per heavy atom. The molecule has 0 aliphatic carbocycles. The number of aryl methyl sites for hydroxylation is 2. The summed E-state index contributed by atoms with van der Waals surface area (Å²) < 4.78 is 1.96. The van der Waals surface area contributed by atoms with E-state index in [0.29, 0.717) is 10.1 Å². The van der Waals surface area contributed by atoms with Gasteiger partial charge in [0.2, 0.25) is 0 Å². The number of nitrogens with zero attached hydrogens (tertiary/aromatic N) is 3. The maximum Gasteiger partial charge on any atom is 0.268 e. The fourth-order valence-corrected chi connectivity index (χ4v) is 2.82. The molecule has 0 aromatic carbocycles. The molecule has 17 heavy (non-hydrogen) atoms. The summed E-state index contributed by atoms with van der Waals surface area (Å²) in [4.78, 5) is 21.4. The third-order valence-corrected chi connectivity index (χ3v) is 4.95. The first-order valence-corrected chi connectivity index (χ1v) is 7.09. The highest BCUT2D eigenvalue weighted by Gasteiger charge is 2.09. The third-order valence-electron chi connectivity index (χ3n) is 2.32. The molecule has 0 N–H and O–H groups in total. The van der Waals surface area contributed by atoms with Crippen molar-refractivity contribution in [3.63, 3.8) is 0 Å². The molecule has 2 heterocycles. The Labute approximate surface area is 121 Å². The van der Waals surface area contributed by atoms with Gasteiger partial charge in [-0.25, -0.2) is 9.97 Å². The van der Waals surface area contributed by atoms with Crippen LogP contribution in [0.15, 0.2) is 11.1 Å². The molecule has 0 saturated heterocycles. The van der Waals surface area contributed by atoms with Crippen molar-refractivity contribution in [2.45, 2.75) is 20.4 Å². The van der Waals surface area contributed by atoms with Crippen molar-refractivity contribution in [1.82, 2.24) is 14.5 Å². The zero-order valence-electron chi connectivity index (χ0n) is 9.20. The number of rotatable bonds is 2. The van der Waals surface area contributed by atoms with E-state index in [4.69, 9.17) is 11.6 Å². The summed E-state index contributed by atoms with van der Waals surface area (Å²) in [6, 6.07) is 0. The van der Waals surface area contributed by atoms with E-state index < -0.39 is 0 Å². The normalized spacial score (nSPS) is 10.8. The van der Waals surface area contributed by atoms with Crippen LogP contribution in [0.3, 0.4) is 0 Å². The maximum absolute atomic E-state index is 11.9. The number of hydrogen-bond acceptors (Lipinski definition) is 4. The van der Waals surface area contributed by atoms with Gasteiger partial charge < -0.3 is 0 Å². The van der Waals surface area contributed by atoms with Gasteiger partial charge in [0, 0.05) is 4.88 Å². The fourth-order valence-electron chi connectivity index (χ4n) is 1.31. The lowest BCUT2D eigenvalue weighted by molar-refractivity contribution is 0.724. The molecule has 0 radical (unpaired) electrons. The number of aromatic nitrogens is 3. The van der Waals surface area contributed by atoms with E-state index in [9.17, 15) is 4.79 Å². The van der Waals surface area contributed by atoms with Crippen LogP contribution >= 0.6 is 45.5 Å². The highest BCUT2D eigenvalue weighted by Crippen LogP contribution is 2.17. The largest absolute Gasteiger partial charge is 0.291 e. The Morgan fingerprint density at radius 2 is 2.24 bits per heavy atom. The summed E-state index contributed by atoms with van der Waals surface area (Å²) in [6.07, 6.45) is 1.46. The summed E-state index contributed by atoms with van der Waals surface area (Å²) in [6.45, 7) is 4.42. The molecule has 0 amide bonds. The Kier molecular flexibility index (Phi) is 3.84. The summed E-state index contributed by atoms with van der Waals surface area (Å²) >= 11 is 9.27. The molecule has 0 unspecified atom stereocenters. The Balaban J connectivity index is 2.37. The maximum atomic E-state index is 11.9. The van der Waals surface area contributed by atoms with E-state index >= 15 is 0 Å². The van der Waals surface area contributed by atoms with Crippen molar-refractivity contribution < 1.29 is 0 Å². The first-order valence-electron chi connectivity index (χ1n) is 4.82. The quantitative estimate of drug-likeness (QED) is 0.593. The van der Waals surface area contributed by atoms with Crippen LogP contribution in [0.25, 0.3) is 0 Å². The predicted molar refractivity (Wildman–Crippen MR) is 76.9 cm³/mol. The molecule has 0 spiro atoms. The molecule has 0 fully saturated rings. The van der Waals surface area contributed by atoms with E-state index in [1.165, 1.54) is 15.8 Å². The van der Waals surface area contributed by atoms with Gasteiger partial charge >= 0.3 is 0 Å². The molecule has 90 valence electrons. The molecule has 0 aliphatic heterocycles. The van der Waals surface area contributed by atoms with Crippen LogP contribution in [-0.2, 0) is 6.54 Å². The number of halogens is 2. The van der Waals surface area contributed by atoms with E-state index in [2.05, 4.69) is 9.97 Å². The van der Waals surface area contributed by atoms with Gasteiger partial charge in [-0.3, -0.25) is 9.36 Å². The summed E-state index contributed by atoms with van der Waals surface area (Å²) in [5.41, 5.74) is 0.880. The minimum atomic E-state index is -0.129. The van der Waals surface area contributed by atoms with Gasteiger partial charge in [0.1, 0.15) is 13.7 Å². The second-order valence-corrected chi connectivity index (χ2v) is 6.26. The standard InChI is InChI=1S/C10H9ClIN3OS/c1-5-6(2)17-7(14-5)3-15-4-13-9(11)8(12)10(15)16/h4H,3H2,1-2H3. The molecule has 2 aromatic heterocycles. The van der Waals surface area contributed by atoms with Crippen molar-refractivity contribution in [2.24, 2.45) is 0 Å². The SMILES string of the molecule is Cc1nc(Cn2cnc(Cl)c(I)c2=O)sc1C. The van der Waals surface area contributed by atoms with Crippen molar-refractivity contribution in [2.75, 3.05) is 0 Å². The average Bonchev–Trinajstić information content (AvgIpc) is 2.59. The molecular weight excluding hydrogens is 373 g/mol. The highest BCUT2D eigenvalue weighted by atomic mass is 127.